The Kier molecular flexibility index (Phi) is 5.19. The van der Waals surface area contributed by atoms with Crippen molar-refractivity contribution in [1.82, 2.24) is 24.7 Å². The highest BCUT2D eigenvalue weighted by atomic mass is 19.2. The number of hydrogen-bond donors (Lipinski definition) is 1. The van der Waals surface area contributed by atoms with E-state index in [1.165, 1.54) is 6.07 Å². The van der Waals surface area contributed by atoms with Crippen molar-refractivity contribution in [3.8, 4) is 5.88 Å². The Morgan fingerprint density at radius 1 is 1.03 bits per heavy atom. The smallest absolute Gasteiger partial charge is 0.244 e. The van der Waals surface area contributed by atoms with Crippen LogP contribution in [0.3, 0.4) is 0 Å². The Labute approximate surface area is 195 Å². The summed E-state index contributed by atoms with van der Waals surface area (Å²) in [5, 5.41) is 8.29. The van der Waals surface area contributed by atoms with Crippen LogP contribution in [0.5, 0.6) is 5.88 Å². The molecule has 0 radical (unpaired) electrons. The predicted octanol–water partition coefficient (Wildman–Crippen LogP) is 3.22. The van der Waals surface area contributed by atoms with Crippen LogP contribution in [0.15, 0.2) is 30.6 Å². The quantitative estimate of drug-likeness (QED) is 0.611. The maximum atomic E-state index is 13.8. The van der Waals surface area contributed by atoms with Crippen LogP contribution < -0.4 is 19.9 Å². The summed E-state index contributed by atoms with van der Waals surface area (Å²) in [6, 6.07) is 6.10. The first-order valence-corrected chi connectivity index (χ1v) is 11.6. The molecule has 2 fully saturated rings. The molecule has 0 spiro atoms. The summed E-state index contributed by atoms with van der Waals surface area (Å²) in [6.45, 7) is 3.20. The number of hydrogen-bond acceptors (Lipinski definition) is 8. The number of methoxy groups -OCH3 is 1. The standard InChI is InChI=1S/C23H26F2N8O/c1-34-20-10-19(26-13-27-20)31-11-14-3-4-15(12-31)21(14)28-22-29-23-32(7-2-8-33(23)30-22)16-5-6-17(24)18(25)9-16/h5-6,9-10,13-15,21H,2-4,7-8,11-12H2,1H3,(H,28,30)/t14-,15?,21-/m0/s1. The Bertz CT molecular complexity index is 1190. The Balaban J connectivity index is 1.20. The summed E-state index contributed by atoms with van der Waals surface area (Å²) in [4.78, 5) is 17.5. The second-order valence-electron chi connectivity index (χ2n) is 9.15. The molecule has 34 heavy (non-hydrogen) atoms. The number of halogens is 2. The highest BCUT2D eigenvalue weighted by molar-refractivity contribution is 5.59. The minimum Gasteiger partial charge on any atom is -0.481 e. The van der Waals surface area contributed by atoms with Crippen LogP contribution in [0.1, 0.15) is 19.3 Å². The van der Waals surface area contributed by atoms with Gasteiger partial charge >= 0.3 is 0 Å². The van der Waals surface area contributed by atoms with Crippen molar-refractivity contribution in [3.05, 3.63) is 42.2 Å². The number of anilines is 4. The fourth-order valence-electron chi connectivity index (χ4n) is 5.53. The molecule has 2 aromatic heterocycles. The van der Waals surface area contributed by atoms with E-state index in [1.54, 1.807) is 19.5 Å². The van der Waals surface area contributed by atoms with Gasteiger partial charge in [0.1, 0.15) is 12.1 Å². The normalized spacial score (nSPS) is 23.7. The van der Waals surface area contributed by atoms with Crippen molar-refractivity contribution >= 4 is 23.4 Å². The van der Waals surface area contributed by atoms with Gasteiger partial charge in [0.25, 0.3) is 0 Å². The van der Waals surface area contributed by atoms with Crippen molar-refractivity contribution in [2.45, 2.75) is 31.8 Å². The minimum absolute atomic E-state index is 0.279. The Morgan fingerprint density at radius 3 is 2.62 bits per heavy atom. The van der Waals surface area contributed by atoms with Gasteiger partial charge in [0.2, 0.25) is 17.8 Å². The van der Waals surface area contributed by atoms with Crippen LogP contribution in [-0.4, -0.2) is 57.5 Å². The second kappa shape index (κ2) is 8.37. The fraction of sp³-hybridized carbons (Fsp3) is 0.478. The van der Waals surface area contributed by atoms with Gasteiger partial charge < -0.3 is 19.9 Å². The molecule has 1 unspecified atom stereocenters. The highest BCUT2D eigenvalue weighted by Gasteiger charge is 2.43. The van der Waals surface area contributed by atoms with Crippen LogP contribution in [0, 0.1) is 23.5 Å². The maximum absolute atomic E-state index is 13.8. The number of nitrogens with one attached hydrogen (secondary N) is 1. The molecule has 9 nitrogen and oxygen atoms in total. The Morgan fingerprint density at radius 2 is 1.85 bits per heavy atom. The van der Waals surface area contributed by atoms with Crippen LogP contribution in [0.2, 0.25) is 0 Å². The number of rotatable bonds is 5. The summed E-state index contributed by atoms with van der Waals surface area (Å²) in [6.07, 6.45) is 4.66. The van der Waals surface area contributed by atoms with Gasteiger partial charge in [-0.25, -0.2) is 23.4 Å². The lowest BCUT2D eigenvalue weighted by atomic mass is 9.92. The molecule has 4 heterocycles. The molecule has 11 heteroatoms. The molecule has 0 amide bonds. The van der Waals surface area contributed by atoms with E-state index in [1.807, 2.05) is 15.6 Å². The topological polar surface area (TPSA) is 84.2 Å². The summed E-state index contributed by atoms with van der Waals surface area (Å²) < 4.78 is 34.4. The van der Waals surface area contributed by atoms with E-state index in [9.17, 15) is 8.78 Å². The number of fused-ring (bicyclic) bond motifs is 3. The first kappa shape index (κ1) is 21.1. The Hall–Kier alpha value is -3.50. The van der Waals surface area contributed by atoms with Gasteiger partial charge in [0.05, 0.1) is 7.11 Å². The summed E-state index contributed by atoms with van der Waals surface area (Å²) >= 11 is 0. The minimum atomic E-state index is -0.864. The number of ether oxygens (including phenoxy) is 1. The van der Waals surface area contributed by atoms with Gasteiger partial charge in [-0.1, -0.05) is 0 Å². The summed E-state index contributed by atoms with van der Waals surface area (Å²) in [5.41, 5.74) is 0.576. The van der Waals surface area contributed by atoms with E-state index in [0.717, 1.165) is 50.8 Å². The lowest BCUT2D eigenvalue weighted by Crippen LogP contribution is -2.48. The first-order chi connectivity index (χ1) is 16.6. The van der Waals surface area contributed by atoms with E-state index in [0.29, 0.717) is 41.8 Å². The van der Waals surface area contributed by atoms with Crippen molar-refractivity contribution in [2.75, 3.05) is 41.9 Å². The van der Waals surface area contributed by atoms with Gasteiger partial charge in [-0.3, -0.25) is 0 Å². The van der Waals surface area contributed by atoms with Gasteiger partial charge in [0.15, 0.2) is 11.6 Å². The largest absolute Gasteiger partial charge is 0.481 e. The third-order valence-electron chi connectivity index (χ3n) is 7.15. The molecule has 2 bridgehead atoms. The summed E-state index contributed by atoms with van der Waals surface area (Å²) in [5.74, 6) is 1.87. The number of benzene rings is 1. The van der Waals surface area contributed by atoms with Crippen LogP contribution in [0.25, 0.3) is 0 Å². The molecule has 1 aliphatic carbocycles. The summed E-state index contributed by atoms with van der Waals surface area (Å²) in [7, 11) is 1.61. The lowest BCUT2D eigenvalue weighted by Gasteiger charge is -2.38. The van der Waals surface area contributed by atoms with Gasteiger partial charge in [0, 0.05) is 50.0 Å². The average Bonchev–Trinajstić information content (AvgIpc) is 3.36. The average molecular weight is 469 g/mol. The number of piperidine rings is 1. The molecule has 178 valence electrons. The van der Waals surface area contributed by atoms with Gasteiger partial charge in [-0.05, 0) is 43.2 Å². The lowest BCUT2D eigenvalue weighted by molar-refractivity contribution is 0.372. The van der Waals surface area contributed by atoms with Crippen molar-refractivity contribution in [3.63, 3.8) is 0 Å². The number of aryl methyl sites for hydroxylation is 1. The monoisotopic (exact) mass is 468 g/mol. The molecule has 1 aromatic carbocycles. The number of nitrogens with zero attached hydrogens (tertiary/aromatic N) is 7. The van der Waals surface area contributed by atoms with E-state index < -0.39 is 11.6 Å². The van der Waals surface area contributed by atoms with Crippen molar-refractivity contribution in [1.29, 1.82) is 0 Å². The van der Waals surface area contributed by atoms with Crippen LogP contribution in [0.4, 0.5) is 32.2 Å². The first-order valence-electron chi connectivity index (χ1n) is 11.6. The van der Waals surface area contributed by atoms with Crippen molar-refractivity contribution in [2.24, 2.45) is 11.8 Å². The third-order valence-corrected chi connectivity index (χ3v) is 7.15. The zero-order chi connectivity index (χ0) is 23.2. The van der Waals surface area contributed by atoms with Crippen molar-refractivity contribution < 1.29 is 13.5 Å². The molecule has 1 N–H and O–H groups in total. The molecule has 3 aliphatic rings. The zero-order valence-electron chi connectivity index (χ0n) is 18.9. The molecule has 2 aliphatic heterocycles. The third kappa shape index (κ3) is 3.68. The van der Waals surface area contributed by atoms with E-state index >= 15 is 0 Å². The molecule has 6 rings (SSSR count). The van der Waals surface area contributed by atoms with E-state index in [4.69, 9.17) is 14.8 Å². The van der Waals surface area contributed by atoms with Crippen LogP contribution in [-0.2, 0) is 6.54 Å². The van der Waals surface area contributed by atoms with E-state index in [2.05, 4.69) is 20.2 Å². The molecule has 1 saturated carbocycles. The second-order valence-corrected chi connectivity index (χ2v) is 9.15. The van der Waals surface area contributed by atoms with Gasteiger partial charge in [-0.15, -0.1) is 5.10 Å². The predicted molar refractivity (Wildman–Crippen MR) is 122 cm³/mol. The molecular weight excluding hydrogens is 442 g/mol. The SMILES string of the molecule is COc1cc(N2CC3CC[C@@H](C2)[C@@H]3Nc2nc3n(n2)CCCN3c2ccc(F)c(F)c2)ncn1. The maximum Gasteiger partial charge on any atom is 0.244 e. The van der Waals surface area contributed by atoms with E-state index in [-0.39, 0.29) is 6.04 Å². The molecule has 3 aromatic rings. The fourth-order valence-corrected chi connectivity index (χ4v) is 5.53. The highest BCUT2D eigenvalue weighted by Crippen LogP contribution is 2.40. The van der Waals surface area contributed by atoms with Crippen LogP contribution >= 0.6 is 0 Å². The molecule has 1 saturated heterocycles. The molecule has 3 atom stereocenters. The zero-order valence-corrected chi connectivity index (χ0v) is 18.9. The van der Waals surface area contributed by atoms with Gasteiger partial charge in [-0.2, -0.15) is 4.98 Å². The number of aromatic nitrogens is 5. The molecular formula is C23H26F2N8O.